The molecule has 0 radical (unpaired) electrons. The number of sulfonamides is 1. The summed E-state index contributed by atoms with van der Waals surface area (Å²) in [5, 5.41) is 3.81. The van der Waals surface area contributed by atoms with E-state index in [1.165, 1.54) is 23.1 Å². The minimum Gasteiger partial charge on any atom is -0.352 e. The molecule has 0 unspecified atom stereocenters. The summed E-state index contributed by atoms with van der Waals surface area (Å²) in [5.74, 6) is -0.912. The molecule has 2 atom stereocenters. The Bertz CT molecular complexity index is 1130. The lowest BCUT2D eigenvalue weighted by Gasteiger charge is -2.32. The van der Waals surface area contributed by atoms with Gasteiger partial charge in [-0.25, -0.2) is 8.42 Å². The van der Waals surface area contributed by atoms with Gasteiger partial charge in [0.2, 0.25) is 21.8 Å². The number of nitrogens with one attached hydrogen (secondary N) is 1. The molecule has 34 heavy (non-hydrogen) atoms. The molecular formula is C23H28Cl3N3O4S. The summed E-state index contributed by atoms with van der Waals surface area (Å²) in [4.78, 5) is 27.7. The first-order valence-corrected chi connectivity index (χ1v) is 13.6. The van der Waals surface area contributed by atoms with E-state index < -0.39 is 28.5 Å². The number of rotatable bonds is 10. The Morgan fingerprint density at radius 2 is 1.59 bits per heavy atom. The van der Waals surface area contributed by atoms with Gasteiger partial charge in [0, 0.05) is 22.6 Å². The molecule has 186 valence electrons. The third-order valence-electron chi connectivity index (χ3n) is 5.29. The lowest BCUT2D eigenvalue weighted by molar-refractivity contribution is -0.139. The molecule has 0 heterocycles. The minimum atomic E-state index is -3.89. The van der Waals surface area contributed by atoms with Crippen LogP contribution in [0.1, 0.15) is 32.8 Å². The molecule has 0 bridgehead atoms. The molecule has 2 rings (SSSR count). The van der Waals surface area contributed by atoms with E-state index in [2.05, 4.69) is 5.32 Å². The van der Waals surface area contributed by atoms with Crippen molar-refractivity contribution in [3.63, 3.8) is 0 Å². The summed E-state index contributed by atoms with van der Waals surface area (Å²) in [6.07, 6.45) is 1.70. The predicted molar refractivity (Wildman–Crippen MR) is 138 cm³/mol. The SMILES string of the molecule is CC[C@@H](C)NC(=O)[C@H](C)N(Cc1ccc(Cl)cc1)C(=O)CN(c1ccc(Cl)cc1Cl)S(C)(=O)=O. The van der Waals surface area contributed by atoms with Gasteiger partial charge >= 0.3 is 0 Å². The van der Waals surface area contributed by atoms with E-state index in [1.54, 1.807) is 31.2 Å². The molecule has 2 amide bonds. The zero-order valence-corrected chi connectivity index (χ0v) is 22.5. The average Bonchev–Trinajstić information content (AvgIpc) is 2.76. The Labute approximate surface area is 216 Å². The smallest absolute Gasteiger partial charge is 0.244 e. The second-order valence-electron chi connectivity index (χ2n) is 8.01. The normalized spacial score (nSPS) is 13.1. The van der Waals surface area contributed by atoms with E-state index in [1.807, 2.05) is 13.8 Å². The van der Waals surface area contributed by atoms with Gasteiger partial charge in [0.1, 0.15) is 12.6 Å². The summed E-state index contributed by atoms with van der Waals surface area (Å²) >= 11 is 18.1. The van der Waals surface area contributed by atoms with Gasteiger partial charge in [0.05, 0.1) is 17.0 Å². The highest BCUT2D eigenvalue weighted by Gasteiger charge is 2.31. The lowest BCUT2D eigenvalue weighted by Crippen LogP contribution is -2.52. The van der Waals surface area contributed by atoms with Crippen LogP contribution >= 0.6 is 34.8 Å². The summed E-state index contributed by atoms with van der Waals surface area (Å²) in [5.41, 5.74) is 0.849. The molecule has 0 saturated heterocycles. The van der Waals surface area contributed by atoms with Crippen molar-refractivity contribution in [2.45, 2.75) is 45.8 Å². The van der Waals surface area contributed by atoms with Crippen molar-refractivity contribution >= 4 is 62.3 Å². The number of nitrogens with zero attached hydrogens (tertiary/aromatic N) is 2. The van der Waals surface area contributed by atoms with Crippen LogP contribution in [-0.4, -0.2) is 50.0 Å². The number of amides is 2. The Kier molecular flexibility index (Phi) is 10.1. The van der Waals surface area contributed by atoms with Gasteiger partial charge in [-0.05, 0) is 56.2 Å². The van der Waals surface area contributed by atoms with Crippen LogP contribution in [0.15, 0.2) is 42.5 Å². The van der Waals surface area contributed by atoms with Crippen molar-refractivity contribution in [1.29, 1.82) is 0 Å². The highest BCUT2D eigenvalue weighted by Crippen LogP contribution is 2.30. The van der Waals surface area contributed by atoms with E-state index in [4.69, 9.17) is 34.8 Å². The molecule has 0 aliphatic rings. The molecule has 0 saturated carbocycles. The van der Waals surface area contributed by atoms with Gasteiger partial charge in [-0.1, -0.05) is 53.9 Å². The van der Waals surface area contributed by atoms with Gasteiger partial charge < -0.3 is 10.2 Å². The molecule has 0 aromatic heterocycles. The van der Waals surface area contributed by atoms with E-state index in [-0.39, 0.29) is 29.2 Å². The largest absolute Gasteiger partial charge is 0.352 e. The Morgan fingerprint density at radius 3 is 2.12 bits per heavy atom. The first-order chi connectivity index (χ1) is 15.8. The molecule has 2 aromatic rings. The van der Waals surface area contributed by atoms with Crippen LogP contribution in [0, 0.1) is 0 Å². The highest BCUT2D eigenvalue weighted by molar-refractivity contribution is 7.92. The second kappa shape index (κ2) is 12.1. The van der Waals surface area contributed by atoms with Crippen LogP contribution in [0.2, 0.25) is 15.1 Å². The maximum atomic E-state index is 13.5. The first-order valence-electron chi connectivity index (χ1n) is 10.6. The predicted octanol–water partition coefficient (Wildman–Crippen LogP) is 4.74. The van der Waals surface area contributed by atoms with Crippen molar-refractivity contribution in [3.05, 3.63) is 63.1 Å². The minimum absolute atomic E-state index is 0.0804. The summed E-state index contributed by atoms with van der Waals surface area (Å²) in [6, 6.07) is 10.2. The van der Waals surface area contributed by atoms with Gasteiger partial charge in [0.25, 0.3) is 0 Å². The molecule has 0 fully saturated rings. The van der Waals surface area contributed by atoms with E-state index in [9.17, 15) is 18.0 Å². The number of anilines is 1. The van der Waals surface area contributed by atoms with E-state index in [0.29, 0.717) is 10.0 Å². The van der Waals surface area contributed by atoms with Crippen LogP contribution in [0.5, 0.6) is 0 Å². The number of carbonyl (C=O) groups is 2. The fourth-order valence-electron chi connectivity index (χ4n) is 3.11. The van der Waals surface area contributed by atoms with Gasteiger partial charge in [0.15, 0.2) is 0 Å². The van der Waals surface area contributed by atoms with Gasteiger partial charge in [-0.2, -0.15) is 0 Å². The summed E-state index contributed by atoms with van der Waals surface area (Å²) in [7, 11) is -3.89. The van der Waals surface area contributed by atoms with Crippen LogP contribution in [0.3, 0.4) is 0 Å². The van der Waals surface area contributed by atoms with Crippen molar-refractivity contribution in [2.75, 3.05) is 17.1 Å². The van der Waals surface area contributed by atoms with Crippen molar-refractivity contribution in [2.24, 2.45) is 0 Å². The fraction of sp³-hybridized carbons (Fsp3) is 0.391. The third-order valence-corrected chi connectivity index (χ3v) is 7.21. The Morgan fingerprint density at radius 1 is 1.00 bits per heavy atom. The van der Waals surface area contributed by atoms with E-state index in [0.717, 1.165) is 22.5 Å². The quantitative estimate of drug-likeness (QED) is 0.464. The zero-order valence-electron chi connectivity index (χ0n) is 19.4. The highest BCUT2D eigenvalue weighted by atomic mass is 35.5. The van der Waals surface area contributed by atoms with Crippen molar-refractivity contribution in [3.8, 4) is 0 Å². The molecule has 2 aromatic carbocycles. The maximum absolute atomic E-state index is 13.5. The zero-order chi connectivity index (χ0) is 25.6. The van der Waals surface area contributed by atoms with Crippen LogP contribution in [0.4, 0.5) is 5.69 Å². The Hall–Kier alpha value is -2.00. The van der Waals surface area contributed by atoms with Crippen molar-refractivity contribution < 1.29 is 18.0 Å². The van der Waals surface area contributed by atoms with Crippen LogP contribution in [0.25, 0.3) is 0 Å². The standard InChI is InChI=1S/C23H28Cl3N3O4S/c1-5-15(2)27-23(31)16(3)28(13-17-6-8-18(24)9-7-17)22(30)14-29(34(4,32)33)21-11-10-19(25)12-20(21)26/h6-12,15-16H,5,13-14H2,1-4H3,(H,27,31)/t15-,16+/m1/s1. The second-order valence-corrected chi connectivity index (χ2v) is 11.2. The molecule has 11 heteroatoms. The molecule has 0 spiro atoms. The fourth-order valence-corrected chi connectivity index (χ4v) is 4.66. The summed E-state index contributed by atoms with van der Waals surface area (Å²) < 4.78 is 26.1. The Balaban J connectivity index is 2.41. The van der Waals surface area contributed by atoms with E-state index >= 15 is 0 Å². The molecular weight excluding hydrogens is 521 g/mol. The topological polar surface area (TPSA) is 86.8 Å². The van der Waals surface area contributed by atoms with Gasteiger partial charge in [-0.15, -0.1) is 0 Å². The number of hydrogen-bond acceptors (Lipinski definition) is 4. The monoisotopic (exact) mass is 547 g/mol. The molecule has 0 aliphatic heterocycles. The van der Waals surface area contributed by atoms with Crippen LogP contribution in [-0.2, 0) is 26.2 Å². The molecule has 1 N–H and O–H groups in total. The number of carbonyl (C=O) groups excluding carboxylic acids is 2. The number of benzene rings is 2. The van der Waals surface area contributed by atoms with Crippen molar-refractivity contribution in [1.82, 2.24) is 10.2 Å². The van der Waals surface area contributed by atoms with Gasteiger partial charge in [-0.3, -0.25) is 13.9 Å². The summed E-state index contributed by atoms with van der Waals surface area (Å²) in [6.45, 7) is 4.94. The molecule has 7 nitrogen and oxygen atoms in total. The third kappa shape index (κ3) is 7.77. The first kappa shape index (κ1) is 28.2. The number of hydrogen-bond donors (Lipinski definition) is 1. The van der Waals surface area contributed by atoms with Crippen LogP contribution < -0.4 is 9.62 Å². The number of halogens is 3. The lowest BCUT2D eigenvalue weighted by atomic mass is 10.1. The maximum Gasteiger partial charge on any atom is 0.244 e. The average molecular weight is 549 g/mol. The molecule has 0 aliphatic carbocycles.